The lowest BCUT2D eigenvalue weighted by molar-refractivity contribution is 0.182. The van der Waals surface area contributed by atoms with Gasteiger partial charge < -0.3 is 9.84 Å². The minimum Gasteiger partial charge on any atom is -0.396 e. The van der Waals surface area contributed by atoms with Gasteiger partial charge in [0.05, 0.1) is 12.7 Å². The maximum atomic E-state index is 8.96. The molecule has 0 aromatic rings. The van der Waals surface area contributed by atoms with Gasteiger partial charge in [0.25, 0.3) is 0 Å². The number of unbranched alkanes of at least 4 members (excludes halogenated alkanes) is 2. The van der Waals surface area contributed by atoms with Crippen molar-refractivity contribution in [2.45, 2.75) is 38.7 Å². The highest BCUT2D eigenvalue weighted by molar-refractivity contribution is 4.78. The minimum atomic E-state index is 0.300. The maximum absolute atomic E-state index is 8.96. The summed E-state index contributed by atoms with van der Waals surface area (Å²) in [5.41, 5.74) is 0. The van der Waals surface area contributed by atoms with Crippen molar-refractivity contribution in [3.05, 3.63) is 0 Å². The van der Waals surface area contributed by atoms with E-state index in [1.807, 2.05) is 0 Å². The first-order valence-electron chi connectivity index (χ1n) is 4.61. The van der Waals surface area contributed by atoms with Crippen LogP contribution in [0.2, 0.25) is 0 Å². The van der Waals surface area contributed by atoms with Gasteiger partial charge in [-0.2, -0.15) is 0 Å². The van der Waals surface area contributed by atoms with Crippen LogP contribution >= 0.6 is 0 Å². The molecule has 0 bridgehead atoms. The van der Waals surface area contributed by atoms with Crippen LogP contribution in [-0.4, -0.2) is 24.4 Å². The molecule has 0 aliphatic carbocycles. The predicted molar refractivity (Wildman–Crippen MR) is 44.5 cm³/mol. The van der Waals surface area contributed by atoms with Gasteiger partial charge in [-0.25, -0.2) is 0 Å². The van der Waals surface area contributed by atoms with Crippen molar-refractivity contribution in [2.75, 3.05) is 13.2 Å². The van der Waals surface area contributed by atoms with Crippen LogP contribution in [0.25, 0.3) is 0 Å². The lowest BCUT2D eigenvalue weighted by Crippen LogP contribution is -2.12. The normalized spacial score (nSPS) is 25.1. The van der Waals surface area contributed by atoms with Crippen molar-refractivity contribution in [2.24, 2.45) is 5.92 Å². The number of aliphatic hydroxyl groups excluding tert-OH is 1. The van der Waals surface area contributed by atoms with E-state index in [-0.39, 0.29) is 0 Å². The lowest BCUT2D eigenvalue weighted by Gasteiger charge is -2.09. The molecule has 1 aliphatic heterocycles. The Kier molecular flexibility index (Phi) is 3.87. The fourth-order valence-corrected chi connectivity index (χ4v) is 1.38. The van der Waals surface area contributed by atoms with Crippen molar-refractivity contribution in [1.29, 1.82) is 0 Å². The van der Waals surface area contributed by atoms with Gasteiger partial charge in [-0.3, -0.25) is 0 Å². The molecular formula is C9H18O2. The summed E-state index contributed by atoms with van der Waals surface area (Å²) >= 11 is 0. The molecular weight excluding hydrogens is 140 g/mol. The Morgan fingerprint density at radius 1 is 1.55 bits per heavy atom. The molecule has 66 valence electrons. The highest BCUT2D eigenvalue weighted by atomic mass is 16.6. The van der Waals surface area contributed by atoms with E-state index in [0.29, 0.717) is 18.6 Å². The summed E-state index contributed by atoms with van der Waals surface area (Å²) in [7, 11) is 0. The van der Waals surface area contributed by atoms with Crippen LogP contribution < -0.4 is 0 Å². The molecule has 11 heavy (non-hydrogen) atoms. The second kappa shape index (κ2) is 4.73. The van der Waals surface area contributed by atoms with E-state index < -0.39 is 0 Å². The molecule has 0 spiro atoms. The highest BCUT2D eigenvalue weighted by Gasteiger charge is 2.31. The van der Waals surface area contributed by atoms with Crippen molar-refractivity contribution in [3.8, 4) is 0 Å². The zero-order valence-electron chi connectivity index (χ0n) is 7.25. The van der Waals surface area contributed by atoms with E-state index in [1.165, 1.54) is 19.3 Å². The number of rotatable bonds is 6. The van der Waals surface area contributed by atoms with Gasteiger partial charge in [0, 0.05) is 12.5 Å². The summed E-state index contributed by atoms with van der Waals surface area (Å²) in [4.78, 5) is 0. The van der Waals surface area contributed by atoms with E-state index in [4.69, 9.17) is 9.84 Å². The number of ether oxygens (including phenoxy) is 1. The molecule has 1 rings (SSSR count). The largest absolute Gasteiger partial charge is 0.396 e. The fraction of sp³-hybridized carbons (Fsp3) is 1.00. The molecule has 1 N–H and O–H groups in total. The van der Waals surface area contributed by atoms with Crippen LogP contribution in [0.5, 0.6) is 0 Å². The zero-order valence-corrected chi connectivity index (χ0v) is 7.25. The van der Waals surface area contributed by atoms with Gasteiger partial charge in [-0.05, 0) is 6.42 Å². The zero-order chi connectivity index (χ0) is 8.10. The van der Waals surface area contributed by atoms with Crippen molar-refractivity contribution in [3.63, 3.8) is 0 Å². The predicted octanol–water partition coefficient (Wildman–Crippen LogP) is 1.57. The molecule has 0 saturated carbocycles. The topological polar surface area (TPSA) is 32.8 Å². The molecule has 2 atom stereocenters. The first kappa shape index (κ1) is 9.01. The van der Waals surface area contributed by atoms with Gasteiger partial charge in [-0.15, -0.1) is 0 Å². The average molecular weight is 158 g/mol. The molecule has 1 fully saturated rings. The van der Waals surface area contributed by atoms with Crippen LogP contribution in [-0.2, 0) is 4.74 Å². The summed E-state index contributed by atoms with van der Waals surface area (Å²) in [6.45, 7) is 3.37. The van der Waals surface area contributed by atoms with Gasteiger partial charge in [0.2, 0.25) is 0 Å². The Bertz CT molecular complexity index is 99.7. The van der Waals surface area contributed by atoms with E-state index in [1.54, 1.807) is 0 Å². The molecule has 1 aliphatic rings. The van der Waals surface area contributed by atoms with Crippen molar-refractivity contribution >= 4 is 0 Å². The Balaban J connectivity index is 2.01. The monoisotopic (exact) mass is 158 g/mol. The van der Waals surface area contributed by atoms with Crippen LogP contribution in [0.4, 0.5) is 0 Å². The van der Waals surface area contributed by atoms with Crippen LogP contribution in [0.15, 0.2) is 0 Å². The third kappa shape index (κ3) is 3.21. The number of aliphatic hydroxyl groups is 1. The van der Waals surface area contributed by atoms with E-state index in [9.17, 15) is 0 Å². The molecule has 0 radical (unpaired) electrons. The first-order chi connectivity index (χ1) is 5.38. The summed E-state index contributed by atoms with van der Waals surface area (Å²) in [5, 5.41) is 8.96. The smallest absolute Gasteiger partial charge is 0.0859 e. The molecule has 0 amide bonds. The van der Waals surface area contributed by atoms with Gasteiger partial charge in [-0.1, -0.05) is 26.2 Å². The first-order valence-corrected chi connectivity index (χ1v) is 4.61. The number of hydrogen-bond acceptors (Lipinski definition) is 2. The van der Waals surface area contributed by atoms with E-state index in [2.05, 4.69) is 6.92 Å². The van der Waals surface area contributed by atoms with Crippen LogP contribution in [0.3, 0.4) is 0 Å². The van der Waals surface area contributed by atoms with Crippen molar-refractivity contribution in [1.82, 2.24) is 0 Å². The van der Waals surface area contributed by atoms with E-state index >= 15 is 0 Å². The third-order valence-corrected chi connectivity index (χ3v) is 2.30. The van der Waals surface area contributed by atoms with Gasteiger partial charge in [0.1, 0.15) is 0 Å². The van der Waals surface area contributed by atoms with Crippen LogP contribution in [0.1, 0.15) is 32.6 Å². The SMILES string of the molecule is CCCCCC(CO)C1CO1. The fourth-order valence-electron chi connectivity index (χ4n) is 1.38. The maximum Gasteiger partial charge on any atom is 0.0859 e. The number of epoxide rings is 1. The second-order valence-corrected chi connectivity index (χ2v) is 3.31. The molecule has 2 unspecified atom stereocenters. The molecule has 1 heterocycles. The second-order valence-electron chi connectivity index (χ2n) is 3.31. The Morgan fingerprint density at radius 2 is 2.27 bits per heavy atom. The standard InChI is InChI=1S/C9H18O2/c1-2-3-4-5-8(6-10)9-7-11-9/h8-10H,2-7H2,1H3. The molecule has 0 aromatic carbocycles. The van der Waals surface area contributed by atoms with Gasteiger partial charge >= 0.3 is 0 Å². The Labute approximate surface area is 68.6 Å². The molecule has 1 saturated heterocycles. The van der Waals surface area contributed by atoms with Crippen molar-refractivity contribution < 1.29 is 9.84 Å². The molecule has 2 nitrogen and oxygen atoms in total. The number of hydrogen-bond donors (Lipinski definition) is 1. The average Bonchev–Trinajstić information content (AvgIpc) is 2.81. The summed E-state index contributed by atoms with van der Waals surface area (Å²) < 4.78 is 5.13. The quantitative estimate of drug-likeness (QED) is 0.470. The summed E-state index contributed by atoms with van der Waals surface area (Å²) in [6.07, 6.45) is 5.29. The molecule has 0 aromatic heterocycles. The van der Waals surface area contributed by atoms with E-state index in [0.717, 1.165) is 13.0 Å². The van der Waals surface area contributed by atoms with Crippen LogP contribution in [0, 0.1) is 5.92 Å². The Morgan fingerprint density at radius 3 is 2.73 bits per heavy atom. The Hall–Kier alpha value is -0.0800. The minimum absolute atomic E-state index is 0.300. The lowest BCUT2D eigenvalue weighted by atomic mass is 9.99. The summed E-state index contributed by atoms with van der Waals surface area (Å²) in [5.74, 6) is 0.418. The van der Waals surface area contributed by atoms with Gasteiger partial charge in [0.15, 0.2) is 0 Å². The highest BCUT2D eigenvalue weighted by Crippen LogP contribution is 2.24. The third-order valence-electron chi connectivity index (χ3n) is 2.30. The summed E-state index contributed by atoms with van der Waals surface area (Å²) in [6, 6.07) is 0. The molecule has 2 heteroatoms.